The molecular weight excluding hydrogens is 420 g/mol. The highest BCUT2D eigenvalue weighted by molar-refractivity contribution is 7.90. The van der Waals surface area contributed by atoms with Gasteiger partial charge in [-0.15, -0.1) is 0 Å². The van der Waals surface area contributed by atoms with Gasteiger partial charge in [0.25, 0.3) is 10.0 Å². The molecule has 0 fully saturated rings. The van der Waals surface area contributed by atoms with Gasteiger partial charge in [-0.3, -0.25) is 0 Å². The van der Waals surface area contributed by atoms with Crippen molar-refractivity contribution in [3.05, 3.63) is 96.7 Å². The summed E-state index contributed by atoms with van der Waals surface area (Å²) in [4.78, 5) is 3.49. The predicted molar refractivity (Wildman–Crippen MR) is 127 cm³/mol. The Morgan fingerprint density at radius 3 is 2.28 bits per heavy atom. The maximum Gasteiger partial charge on any atom is 0.268 e. The number of nitrogens with one attached hydrogen (secondary N) is 1. The molecule has 0 saturated carbocycles. The van der Waals surface area contributed by atoms with Crippen LogP contribution in [-0.4, -0.2) is 24.5 Å². The molecule has 0 aliphatic carbocycles. The first-order valence-corrected chi connectivity index (χ1v) is 11.7. The fourth-order valence-electron chi connectivity index (χ4n) is 3.96. The first kappa shape index (κ1) is 20.2. The maximum atomic E-state index is 13.9. The number of aromatic nitrogens is 2. The molecule has 0 spiro atoms. The summed E-state index contributed by atoms with van der Waals surface area (Å²) in [5.41, 5.74) is 4.72. The van der Waals surface area contributed by atoms with Crippen molar-refractivity contribution in [3.63, 3.8) is 0 Å². The van der Waals surface area contributed by atoms with Crippen LogP contribution in [0.1, 0.15) is 5.56 Å². The van der Waals surface area contributed by atoms with E-state index in [0.717, 1.165) is 27.6 Å². The minimum atomic E-state index is -3.86. The lowest BCUT2D eigenvalue weighted by atomic mass is 10.1. The molecule has 6 heteroatoms. The minimum Gasteiger partial charge on any atom is -0.497 e. The van der Waals surface area contributed by atoms with Crippen LogP contribution in [0.3, 0.4) is 0 Å². The van der Waals surface area contributed by atoms with Crippen molar-refractivity contribution < 1.29 is 13.2 Å². The van der Waals surface area contributed by atoms with Gasteiger partial charge in [0.15, 0.2) is 0 Å². The van der Waals surface area contributed by atoms with Crippen LogP contribution in [-0.2, 0) is 10.0 Å². The number of ether oxygens (including phenoxy) is 1. The fourth-order valence-corrected chi connectivity index (χ4v) is 5.49. The first-order valence-electron chi connectivity index (χ1n) is 10.2. The van der Waals surface area contributed by atoms with Gasteiger partial charge in [0, 0.05) is 22.7 Å². The molecule has 0 bridgehead atoms. The third-order valence-electron chi connectivity index (χ3n) is 5.63. The number of aryl methyl sites for hydroxylation is 1. The highest BCUT2D eigenvalue weighted by Gasteiger charge is 2.26. The molecule has 0 amide bonds. The van der Waals surface area contributed by atoms with E-state index in [2.05, 4.69) is 4.98 Å². The molecule has 0 atom stereocenters. The van der Waals surface area contributed by atoms with Crippen molar-refractivity contribution in [2.24, 2.45) is 0 Å². The number of aromatic amines is 1. The van der Waals surface area contributed by atoms with Crippen LogP contribution in [0.5, 0.6) is 5.75 Å². The Morgan fingerprint density at radius 2 is 1.56 bits per heavy atom. The second kappa shape index (κ2) is 7.73. The number of methoxy groups -OCH3 is 1. The van der Waals surface area contributed by atoms with Crippen LogP contribution in [0.15, 0.2) is 96.0 Å². The molecule has 5 aromatic rings. The van der Waals surface area contributed by atoms with Crippen LogP contribution < -0.4 is 4.74 Å². The lowest BCUT2D eigenvalue weighted by Gasteiger charge is -2.15. The van der Waals surface area contributed by atoms with E-state index in [0.29, 0.717) is 17.1 Å². The number of hydrogen-bond acceptors (Lipinski definition) is 3. The third kappa shape index (κ3) is 3.29. The van der Waals surface area contributed by atoms with E-state index in [4.69, 9.17) is 4.74 Å². The molecule has 0 saturated heterocycles. The Labute approximate surface area is 187 Å². The second-order valence-electron chi connectivity index (χ2n) is 7.67. The number of H-pyrrole nitrogens is 1. The average molecular weight is 443 g/mol. The molecule has 0 aliphatic rings. The van der Waals surface area contributed by atoms with Crippen molar-refractivity contribution in [3.8, 4) is 28.3 Å². The van der Waals surface area contributed by atoms with Gasteiger partial charge in [-0.1, -0.05) is 48.0 Å². The van der Waals surface area contributed by atoms with Gasteiger partial charge in [-0.05, 0) is 55.0 Å². The van der Waals surface area contributed by atoms with Gasteiger partial charge < -0.3 is 9.72 Å². The van der Waals surface area contributed by atoms with Gasteiger partial charge in [0.05, 0.1) is 23.4 Å². The summed E-state index contributed by atoms with van der Waals surface area (Å²) in [6.07, 6.45) is 1.84. The Hall–Kier alpha value is -3.77. The molecular formula is C26H22N2O3S. The van der Waals surface area contributed by atoms with Crippen molar-refractivity contribution in [2.75, 3.05) is 7.11 Å². The van der Waals surface area contributed by atoms with Crippen LogP contribution in [0, 0.1) is 6.92 Å². The molecule has 0 radical (unpaired) electrons. The van der Waals surface area contributed by atoms with Crippen LogP contribution in [0.2, 0.25) is 0 Å². The summed E-state index contributed by atoms with van der Waals surface area (Å²) in [6, 6.07) is 25.9. The van der Waals surface area contributed by atoms with E-state index in [1.807, 2.05) is 85.9 Å². The zero-order valence-corrected chi connectivity index (χ0v) is 18.6. The standard InChI is InChI=1S/C26H22N2O3S/c1-18-8-11-21(12-9-18)32(29,30)28-25(19-6-4-3-5-7-19)14-15-26(28)23-17-27-24-13-10-20(31-2)16-22(23)24/h3-17,27H,1-2H3. The zero-order valence-electron chi connectivity index (χ0n) is 17.7. The third-order valence-corrected chi connectivity index (χ3v) is 7.37. The lowest BCUT2D eigenvalue weighted by molar-refractivity contribution is 0.415. The number of rotatable bonds is 5. The Morgan fingerprint density at radius 1 is 0.844 bits per heavy atom. The summed E-state index contributed by atoms with van der Waals surface area (Å²) in [5, 5.41) is 0.891. The lowest BCUT2D eigenvalue weighted by Crippen LogP contribution is -2.15. The van der Waals surface area contributed by atoms with E-state index in [1.54, 1.807) is 19.2 Å². The molecule has 0 unspecified atom stereocenters. The van der Waals surface area contributed by atoms with E-state index in [9.17, 15) is 8.42 Å². The highest BCUT2D eigenvalue weighted by Crippen LogP contribution is 2.37. The van der Waals surface area contributed by atoms with Crippen LogP contribution >= 0.6 is 0 Å². The second-order valence-corrected chi connectivity index (χ2v) is 9.45. The molecule has 160 valence electrons. The molecule has 5 rings (SSSR count). The fraction of sp³-hybridized carbons (Fsp3) is 0.0769. The normalized spacial score (nSPS) is 11.7. The summed E-state index contributed by atoms with van der Waals surface area (Å²) in [5.74, 6) is 0.709. The molecule has 5 nitrogen and oxygen atoms in total. The van der Waals surface area contributed by atoms with Gasteiger partial charge in [0.1, 0.15) is 5.75 Å². The highest BCUT2D eigenvalue weighted by atomic mass is 32.2. The molecule has 32 heavy (non-hydrogen) atoms. The van der Waals surface area contributed by atoms with Crippen molar-refractivity contribution >= 4 is 20.9 Å². The largest absolute Gasteiger partial charge is 0.497 e. The molecule has 0 aliphatic heterocycles. The summed E-state index contributed by atoms with van der Waals surface area (Å²) < 4.78 is 34.6. The van der Waals surface area contributed by atoms with Gasteiger partial charge in [-0.25, -0.2) is 12.4 Å². The maximum absolute atomic E-state index is 13.9. The van der Waals surface area contributed by atoms with Gasteiger partial charge in [-0.2, -0.15) is 0 Å². The Balaban J connectivity index is 1.80. The monoisotopic (exact) mass is 442 g/mol. The van der Waals surface area contributed by atoms with Crippen molar-refractivity contribution in [1.82, 2.24) is 8.96 Å². The van der Waals surface area contributed by atoms with E-state index in [1.165, 1.54) is 3.97 Å². The summed E-state index contributed by atoms with van der Waals surface area (Å²) in [6.45, 7) is 1.94. The molecule has 3 aromatic carbocycles. The SMILES string of the molecule is COc1ccc2[nH]cc(-c3ccc(-c4ccccc4)n3S(=O)(=O)c3ccc(C)cc3)c2c1. The first-order chi connectivity index (χ1) is 15.5. The van der Waals surface area contributed by atoms with Gasteiger partial charge in [0.2, 0.25) is 0 Å². The zero-order chi connectivity index (χ0) is 22.3. The number of fused-ring (bicyclic) bond motifs is 1. The number of benzene rings is 3. The Kier molecular flexibility index (Phi) is 4.87. The van der Waals surface area contributed by atoms with Crippen LogP contribution in [0.25, 0.3) is 33.4 Å². The average Bonchev–Trinajstić information content (AvgIpc) is 3.44. The molecule has 1 N–H and O–H groups in total. The Bertz CT molecular complexity index is 1510. The van der Waals surface area contributed by atoms with E-state index >= 15 is 0 Å². The minimum absolute atomic E-state index is 0.246. The number of nitrogens with zero attached hydrogens (tertiary/aromatic N) is 1. The topological polar surface area (TPSA) is 64.1 Å². The van der Waals surface area contributed by atoms with Crippen LogP contribution in [0.4, 0.5) is 0 Å². The van der Waals surface area contributed by atoms with E-state index in [-0.39, 0.29) is 4.90 Å². The quantitative estimate of drug-likeness (QED) is 0.371. The van der Waals surface area contributed by atoms with Crippen molar-refractivity contribution in [2.45, 2.75) is 11.8 Å². The smallest absolute Gasteiger partial charge is 0.268 e. The summed E-state index contributed by atoms with van der Waals surface area (Å²) in [7, 11) is -2.24. The predicted octanol–water partition coefficient (Wildman–Crippen LogP) is 5.86. The van der Waals surface area contributed by atoms with Gasteiger partial charge >= 0.3 is 0 Å². The van der Waals surface area contributed by atoms with E-state index < -0.39 is 10.0 Å². The number of hydrogen-bond donors (Lipinski definition) is 1. The molecule has 2 heterocycles. The molecule has 2 aromatic heterocycles. The summed E-state index contributed by atoms with van der Waals surface area (Å²) >= 11 is 0. The van der Waals surface area contributed by atoms with Crippen molar-refractivity contribution in [1.29, 1.82) is 0 Å².